The summed E-state index contributed by atoms with van der Waals surface area (Å²) in [5.41, 5.74) is 1.60. The fourth-order valence-electron chi connectivity index (χ4n) is 2.69. The van der Waals surface area contributed by atoms with Crippen molar-refractivity contribution < 1.29 is 9.63 Å². The van der Waals surface area contributed by atoms with Crippen LogP contribution in [0.1, 0.15) is 43.8 Å². The molecule has 0 unspecified atom stereocenters. The lowest BCUT2D eigenvalue weighted by atomic mass is 9.86. The van der Waals surface area contributed by atoms with Gasteiger partial charge in [-0.3, -0.25) is 9.63 Å². The number of amides is 1. The molecule has 3 rings (SSSR count). The van der Waals surface area contributed by atoms with Gasteiger partial charge in [0.2, 0.25) is 6.41 Å². The van der Waals surface area contributed by atoms with Crippen LogP contribution in [0.5, 0.6) is 0 Å². The molecule has 11 heteroatoms. The number of benzene rings is 1. The molecule has 2 aromatic heterocycles. The van der Waals surface area contributed by atoms with Gasteiger partial charge in [0.25, 0.3) is 11.9 Å². The summed E-state index contributed by atoms with van der Waals surface area (Å²) in [6.45, 7) is 7.54. The quantitative estimate of drug-likeness (QED) is 0.412. The molecule has 33 heavy (non-hydrogen) atoms. The van der Waals surface area contributed by atoms with Crippen LogP contribution in [-0.2, 0) is 15.0 Å². The number of carbonyl (C=O) groups is 1. The van der Waals surface area contributed by atoms with Gasteiger partial charge >= 0.3 is 0 Å². The van der Waals surface area contributed by atoms with Crippen LogP contribution < -0.4 is 10.4 Å². The Balaban J connectivity index is 0.000000257. The monoisotopic (exact) mass is 470 g/mol. The molecule has 1 amide bonds. The highest BCUT2D eigenvalue weighted by Gasteiger charge is 2.21. The SMILES string of the molecule is CON(C)c1nc([C@H](C)NC=O)n(-c2ncccn2)n1.Cc1cc(Cl)cc(C(C)(C)C#N)c1. The number of hydroxylamine groups is 1. The van der Waals surface area contributed by atoms with Crippen molar-refractivity contribution in [3.05, 3.63) is 58.6 Å². The van der Waals surface area contributed by atoms with Crippen molar-refractivity contribution in [2.45, 2.75) is 39.2 Å². The molecule has 0 spiro atoms. The molecular weight excluding hydrogens is 444 g/mol. The van der Waals surface area contributed by atoms with Crippen molar-refractivity contribution >= 4 is 24.0 Å². The highest BCUT2D eigenvalue weighted by molar-refractivity contribution is 6.30. The molecule has 0 saturated heterocycles. The minimum absolute atomic E-state index is 0.342. The first-order valence-electron chi connectivity index (χ1n) is 10.0. The summed E-state index contributed by atoms with van der Waals surface area (Å²) in [4.78, 5) is 28.2. The van der Waals surface area contributed by atoms with Gasteiger partial charge in [-0.1, -0.05) is 17.7 Å². The second-order valence-corrected chi connectivity index (χ2v) is 8.11. The predicted molar refractivity (Wildman–Crippen MR) is 125 cm³/mol. The molecule has 0 saturated carbocycles. The molecule has 0 aliphatic heterocycles. The smallest absolute Gasteiger partial charge is 0.269 e. The summed E-state index contributed by atoms with van der Waals surface area (Å²) < 4.78 is 1.46. The first kappa shape index (κ1) is 25.7. The third-order valence-corrected chi connectivity index (χ3v) is 4.88. The average molecular weight is 471 g/mol. The van der Waals surface area contributed by atoms with Gasteiger partial charge in [0.1, 0.15) is 0 Å². The van der Waals surface area contributed by atoms with Crippen molar-refractivity contribution in [3.8, 4) is 12.0 Å². The number of nitriles is 1. The van der Waals surface area contributed by atoms with Crippen molar-refractivity contribution in [2.75, 3.05) is 19.2 Å². The molecule has 1 N–H and O–H groups in total. The zero-order valence-electron chi connectivity index (χ0n) is 19.4. The van der Waals surface area contributed by atoms with Crippen molar-refractivity contribution in [2.24, 2.45) is 0 Å². The maximum atomic E-state index is 10.6. The molecule has 3 aromatic rings. The van der Waals surface area contributed by atoms with Crippen LogP contribution in [0.15, 0.2) is 36.7 Å². The Bertz CT molecular complexity index is 1090. The normalized spacial score (nSPS) is 11.6. The van der Waals surface area contributed by atoms with E-state index in [2.05, 4.69) is 31.4 Å². The third-order valence-electron chi connectivity index (χ3n) is 4.67. The molecule has 1 atom stereocenters. The molecular formula is C22H27ClN8O2. The number of aryl methyl sites for hydroxylation is 1. The minimum atomic E-state index is -0.463. The lowest BCUT2D eigenvalue weighted by molar-refractivity contribution is -0.110. The molecule has 1 aromatic carbocycles. The van der Waals surface area contributed by atoms with Crippen LogP contribution in [0.25, 0.3) is 5.95 Å². The Morgan fingerprint density at radius 3 is 2.52 bits per heavy atom. The Morgan fingerprint density at radius 2 is 1.97 bits per heavy atom. The van der Waals surface area contributed by atoms with Crippen molar-refractivity contribution in [3.63, 3.8) is 0 Å². The Labute approximate surface area is 198 Å². The van der Waals surface area contributed by atoms with Crippen LogP contribution in [0.4, 0.5) is 5.95 Å². The van der Waals surface area contributed by atoms with Crippen molar-refractivity contribution in [1.82, 2.24) is 30.0 Å². The van der Waals surface area contributed by atoms with E-state index in [0.29, 0.717) is 29.2 Å². The Kier molecular flexibility index (Phi) is 8.85. The molecule has 0 radical (unpaired) electrons. The van der Waals surface area contributed by atoms with Gasteiger partial charge in [-0.2, -0.15) is 14.9 Å². The summed E-state index contributed by atoms with van der Waals surface area (Å²) in [7, 11) is 3.18. The molecule has 0 aliphatic rings. The Hall–Kier alpha value is -3.55. The summed E-state index contributed by atoms with van der Waals surface area (Å²) in [5.74, 6) is 1.21. The largest absolute Gasteiger partial charge is 0.349 e. The van der Waals surface area contributed by atoms with Crippen LogP contribution in [0.3, 0.4) is 0 Å². The number of hydrogen-bond acceptors (Lipinski definition) is 8. The van der Waals surface area contributed by atoms with Crippen LogP contribution in [0, 0.1) is 18.3 Å². The average Bonchev–Trinajstić information content (AvgIpc) is 3.25. The number of aromatic nitrogens is 5. The van der Waals surface area contributed by atoms with E-state index >= 15 is 0 Å². The molecule has 10 nitrogen and oxygen atoms in total. The lowest BCUT2D eigenvalue weighted by Crippen LogP contribution is -2.21. The van der Waals surface area contributed by atoms with E-state index in [1.54, 1.807) is 32.4 Å². The molecule has 0 aliphatic carbocycles. The van der Waals surface area contributed by atoms with E-state index < -0.39 is 5.41 Å². The van der Waals surface area contributed by atoms with Gasteiger partial charge in [0.05, 0.1) is 24.6 Å². The molecule has 174 valence electrons. The summed E-state index contributed by atoms with van der Waals surface area (Å²) >= 11 is 5.90. The first-order chi connectivity index (χ1) is 15.6. The number of carbonyl (C=O) groups excluding carboxylic acids is 1. The Morgan fingerprint density at radius 1 is 1.30 bits per heavy atom. The van der Waals surface area contributed by atoms with E-state index in [4.69, 9.17) is 21.7 Å². The van der Waals surface area contributed by atoms with E-state index in [0.717, 1.165) is 11.1 Å². The minimum Gasteiger partial charge on any atom is -0.349 e. The molecule has 2 heterocycles. The zero-order valence-corrected chi connectivity index (χ0v) is 20.2. The van der Waals surface area contributed by atoms with E-state index in [-0.39, 0.29) is 6.04 Å². The third kappa shape index (κ3) is 6.71. The number of rotatable bonds is 7. The van der Waals surface area contributed by atoms with E-state index in [1.165, 1.54) is 16.9 Å². The van der Waals surface area contributed by atoms with Gasteiger partial charge < -0.3 is 5.32 Å². The zero-order chi connectivity index (χ0) is 24.6. The number of nitrogens with one attached hydrogen (secondary N) is 1. The number of anilines is 1. The second-order valence-electron chi connectivity index (χ2n) is 7.67. The van der Waals surface area contributed by atoms with Gasteiger partial charge in [0.15, 0.2) is 5.82 Å². The highest BCUT2D eigenvalue weighted by Crippen LogP contribution is 2.26. The molecule has 0 bridgehead atoms. The van der Waals surface area contributed by atoms with E-state index in [1.807, 2.05) is 39.0 Å². The topological polar surface area (TPSA) is 122 Å². The molecule has 0 fully saturated rings. The fraction of sp³-hybridized carbons (Fsp3) is 0.364. The number of hydrogen-bond donors (Lipinski definition) is 1. The van der Waals surface area contributed by atoms with Crippen molar-refractivity contribution in [1.29, 1.82) is 5.26 Å². The number of halogens is 1. The summed E-state index contributed by atoms with van der Waals surface area (Å²) in [6.07, 6.45) is 3.81. The number of nitrogens with zero attached hydrogens (tertiary/aromatic N) is 7. The van der Waals surface area contributed by atoms with Gasteiger partial charge in [-0.25, -0.2) is 15.0 Å². The first-order valence-corrected chi connectivity index (χ1v) is 10.4. The van der Waals surface area contributed by atoms with Gasteiger partial charge in [-0.15, -0.1) is 5.10 Å². The fourth-order valence-corrected chi connectivity index (χ4v) is 2.98. The lowest BCUT2D eigenvalue weighted by Gasteiger charge is -2.16. The van der Waals surface area contributed by atoms with Gasteiger partial charge in [0, 0.05) is 24.5 Å². The van der Waals surface area contributed by atoms with Crippen LogP contribution in [-0.4, -0.2) is 45.3 Å². The van der Waals surface area contributed by atoms with Crippen LogP contribution >= 0.6 is 11.6 Å². The second kappa shape index (κ2) is 11.4. The maximum absolute atomic E-state index is 10.6. The predicted octanol–water partition coefficient (Wildman–Crippen LogP) is 3.31. The standard InChI is InChI=1S/C11H12ClN.C11H15N7O2/c1-8-4-9(6-10(12)5-8)11(2,3)7-13;1-8(14-7-19)9-15-11(17(2)20-3)16-18(9)10-12-5-4-6-13-10/h4-6H,1-3H3;4-8H,1-3H3,(H,14,19)/t;8-/m.0/s1. The maximum Gasteiger partial charge on any atom is 0.269 e. The van der Waals surface area contributed by atoms with Crippen LogP contribution in [0.2, 0.25) is 5.02 Å². The summed E-state index contributed by atoms with van der Waals surface area (Å²) in [6, 6.07) is 9.34. The van der Waals surface area contributed by atoms with Gasteiger partial charge in [-0.05, 0) is 57.0 Å². The van der Waals surface area contributed by atoms with E-state index in [9.17, 15) is 4.79 Å². The highest BCUT2D eigenvalue weighted by atomic mass is 35.5. The summed E-state index contributed by atoms with van der Waals surface area (Å²) in [5, 5.41) is 17.9.